The van der Waals surface area contributed by atoms with E-state index >= 15 is 0 Å². The van der Waals surface area contributed by atoms with Gasteiger partial charge in [-0.15, -0.1) is 0 Å². The van der Waals surface area contributed by atoms with Gasteiger partial charge in [0.1, 0.15) is 12.6 Å². The quantitative estimate of drug-likeness (QED) is 0.298. The van der Waals surface area contributed by atoms with E-state index in [1.165, 1.54) is 17.0 Å². The summed E-state index contributed by atoms with van der Waals surface area (Å²) in [6.07, 6.45) is 0.318. The smallest absolute Gasteiger partial charge is 0.264 e. The molecular weight excluding hydrogens is 569 g/mol. The Morgan fingerprint density at radius 1 is 0.925 bits per heavy atom. The number of amides is 2. The number of hydrogen-bond donors (Lipinski definition) is 1. The number of halogens is 2. The maximum absolute atomic E-state index is 14.1. The Kier molecular flexibility index (Phi) is 10.3. The fourth-order valence-electron chi connectivity index (χ4n) is 4.16. The number of hydrogen-bond acceptors (Lipinski definition) is 4. The Morgan fingerprint density at radius 2 is 1.52 bits per heavy atom. The molecule has 214 valence electrons. The van der Waals surface area contributed by atoms with Crippen LogP contribution < -0.4 is 9.62 Å². The molecule has 0 aliphatic rings. The van der Waals surface area contributed by atoms with E-state index in [1.807, 2.05) is 34.6 Å². The van der Waals surface area contributed by atoms with Gasteiger partial charge in [-0.3, -0.25) is 13.9 Å². The third kappa shape index (κ3) is 7.99. The second kappa shape index (κ2) is 13.1. The standard InChI is InChI=1S/C30H35Cl2N3O4S/c1-6-26(29(37)33-30(3,4)5)34(19-22-13-15-23(31)16-14-22)28(36)20-35(27-10-8-7-9-25(27)32)40(38,39)24-17-11-21(2)12-18-24/h7-18,26H,6,19-20H2,1-5H3,(H,33,37). The molecule has 10 heteroatoms. The average Bonchev–Trinajstić information content (AvgIpc) is 2.88. The number of para-hydroxylation sites is 1. The SMILES string of the molecule is CCC(C(=O)NC(C)(C)C)N(Cc1ccc(Cl)cc1)C(=O)CN(c1ccccc1Cl)S(=O)(=O)c1ccc(C)cc1. The first-order valence-corrected chi connectivity index (χ1v) is 15.1. The van der Waals surface area contributed by atoms with Crippen LogP contribution in [0.25, 0.3) is 0 Å². The van der Waals surface area contributed by atoms with Gasteiger partial charge in [0.05, 0.1) is 15.6 Å². The fraction of sp³-hybridized carbons (Fsp3) is 0.333. The summed E-state index contributed by atoms with van der Waals surface area (Å²) in [5.41, 5.74) is 1.27. The van der Waals surface area contributed by atoms with E-state index in [0.717, 1.165) is 15.4 Å². The minimum Gasteiger partial charge on any atom is -0.350 e. The molecule has 3 aromatic rings. The molecule has 1 unspecified atom stereocenters. The number of nitrogens with one attached hydrogen (secondary N) is 1. The van der Waals surface area contributed by atoms with Crippen molar-refractivity contribution in [2.24, 2.45) is 0 Å². The molecule has 7 nitrogen and oxygen atoms in total. The topological polar surface area (TPSA) is 86.8 Å². The number of sulfonamides is 1. The lowest BCUT2D eigenvalue weighted by Crippen LogP contribution is -2.55. The summed E-state index contributed by atoms with van der Waals surface area (Å²) in [6.45, 7) is 8.75. The predicted molar refractivity (Wildman–Crippen MR) is 161 cm³/mol. The number of carbonyl (C=O) groups excluding carboxylic acids is 2. The minimum atomic E-state index is -4.20. The lowest BCUT2D eigenvalue weighted by molar-refractivity contribution is -0.141. The monoisotopic (exact) mass is 603 g/mol. The van der Waals surface area contributed by atoms with E-state index in [9.17, 15) is 18.0 Å². The van der Waals surface area contributed by atoms with Crippen LogP contribution in [-0.4, -0.2) is 43.3 Å². The van der Waals surface area contributed by atoms with Gasteiger partial charge in [0.25, 0.3) is 10.0 Å². The molecule has 0 bridgehead atoms. The van der Waals surface area contributed by atoms with Gasteiger partial charge in [0, 0.05) is 17.1 Å². The predicted octanol–water partition coefficient (Wildman–Crippen LogP) is 6.22. The maximum atomic E-state index is 14.1. The number of benzene rings is 3. The molecule has 0 saturated heterocycles. The summed E-state index contributed by atoms with van der Waals surface area (Å²) < 4.78 is 28.8. The van der Waals surface area contributed by atoms with Crippen molar-refractivity contribution in [2.75, 3.05) is 10.8 Å². The van der Waals surface area contributed by atoms with Crippen LogP contribution in [0.5, 0.6) is 0 Å². The summed E-state index contributed by atoms with van der Waals surface area (Å²) in [7, 11) is -4.20. The normalized spacial score (nSPS) is 12.5. The Labute approximate surface area is 247 Å². The second-order valence-electron chi connectivity index (χ2n) is 10.6. The zero-order valence-corrected chi connectivity index (χ0v) is 25.6. The molecule has 1 atom stereocenters. The Hall–Kier alpha value is -3.07. The molecule has 0 spiro atoms. The van der Waals surface area contributed by atoms with Crippen LogP contribution >= 0.6 is 23.2 Å². The van der Waals surface area contributed by atoms with E-state index < -0.39 is 34.1 Å². The fourth-order valence-corrected chi connectivity index (χ4v) is 6.01. The summed E-state index contributed by atoms with van der Waals surface area (Å²) in [4.78, 5) is 28.9. The first-order chi connectivity index (χ1) is 18.7. The molecule has 2 amide bonds. The molecule has 0 heterocycles. The largest absolute Gasteiger partial charge is 0.350 e. The van der Waals surface area contributed by atoms with Gasteiger partial charge in [-0.05, 0) is 76.1 Å². The first kappa shape index (κ1) is 31.5. The van der Waals surface area contributed by atoms with Crippen LogP contribution in [-0.2, 0) is 26.2 Å². The molecule has 0 radical (unpaired) electrons. The lowest BCUT2D eigenvalue weighted by atomic mass is 10.1. The van der Waals surface area contributed by atoms with Gasteiger partial charge in [0.15, 0.2) is 0 Å². The molecule has 0 fully saturated rings. The highest BCUT2D eigenvalue weighted by molar-refractivity contribution is 7.92. The minimum absolute atomic E-state index is 0.0209. The van der Waals surface area contributed by atoms with Crippen molar-refractivity contribution >= 4 is 50.7 Å². The van der Waals surface area contributed by atoms with E-state index in [1.54, 1.807) is 60.7 Å². The molecule has 3 rings (SSSR count). The molecular formula is C30H35Cl2N3O4S. The third-order valence-corrected chi connectivity index (χ3v) is 8.50. The van der Waals surface area contributed by atoms with E-state index in [2.05, 4.69) is 5.32 Å². The second-order valence-corrected chi connectivity index (χ2v) is 13.3. The van der Waals surface area contributed by atoms with E-state index in [-0.39, 0.29) is 28.1 Å². The zero-order valence-electron chi connectivity index (χ0n) is 23.3. The molecule has 3 aromatic carbocycles. The van der Waals surface area contributed by atoms with Gasteiger partial charge in [0.2, 0.25) is 11.8 Å². The molecule has 0 aliphatic heterocycles. The highest BCUT2D eigenvalue weighted by atomic mass is 35.5. The van der Waals surface area contributed by atoms with Gasteiger partial charge in [-0.1, -0.05) is 72.1 Å². The van der Waals surface area contributed by atoms with Crippen LogP contribution in [0.4, 0.5) is 5.69 Å². The van der Waals surface area contributed by atoms with Crippen LogP contribution in [0.2, 0.25) is 10.0 Å². The summed E-state index contributed by atoms with van der Waals surface area (Å²) in [5, 5.41) is 3.66. The third-order valence-electron chi connectivity index (χ3n) is 6.16. The van der Waals surface area contributed by atoms with Crippen molar-refractivity contribution in [3.8, 4) is 0 Å². The highest BCUT2D eigenvalue weighted by Crippen LogP contribution is 2.31. The molecule has 0 aliphatic carbocycles. The number of nitrogens with zero attached hydrogens (tertiary/aromatic N) is 2. The van der Waals surface area contributed by atoms with Crippen molar-refractivity contribution in [1.82, 2.24) is 10.2 Å². The van der Waals surface area contributed by atoms with Crippen molar-refractivity contribution in [3.63, 3.8) is 0 Å². The zero-order chi connectivity index (χ0) is 29.7. The van der Waals surface area contributed by atoms with Crippen molar-refractivity contribution in [2.45, 2.75) is 64.1 Å². The molecule has 0 aromatic heterocycles. The van der Waals surface area contributed by atoms with Gasteiger partial charge in [-0.2, -0.15) is 0 Å². The molecule has 0 saturated carbocycles. The summed E-state index contributed by atoms with van der Waals surface area (Å²) in [5.74, 6) is -0.885. The lowest BCUT2D eigenvalue weighted by Gasteiger charge is -2.35. The number of aryl methyl sites for hydroxylation is 1. The maximum Gasteiger partial charge on any atom is 0.264 e. The Morgan fingerprint density at radius 3 is 2.08 bits per heavy atom. The van der Waals surface area contributed by atoms with Gasteiger partial charge >= 0.3 is 0 Å². The number of anilines is 1. The highest BCUT2D eigenvalue weighted by Gasteiger charge is 2.35. The van der Waals surface area contributed by atoms with Gasteiger partial charge < -0.3 is 10.2 Å². The van der Waals surface area contributed by atoms with Crippen LogP contribution in [0.1, 0.15) is 45.2 Å². The number of carbonyl (C=O) groups is 2. The van der Waals surface area contributed by atoms with Crippen LogP contribution in [0.15, 0.2) is 77.7 Å². The van der Waals surface area contributed by atoms with Crippen molar-refractivity contribution in [3.05, 3.63) is 94.0 Å². The first-order valence-electron chi connectivity index (χ1n) is 12.9. The van der Waals surface area contributed by atoms with E-state index in [4.69, 9.17) is 23.2 Å². The van der Waals surface area contributed by atoms with Gasteiger partial charge in [-0.25, -0.2) is 8.42 Å². The Balaban J connectivity index is 2.08. The Bertz CT molecular complexity index is 1440. The molecule has 40 heavy (non-hydrogen) atoms. The molecule has 1 N–H and O–H groups in total. The van der Waals surface area contributed by atoms with E-state index in [0.29, 0.717) is 11.4 Å². The summed E-state index contributed by atoms with van der Waals surface area (Å²) in [6, 6.07) is 18.9. The average molecular weight is 605 g/mol. The number of rotatable bonds is 10. The van der Waals surface area contributed by atoms with Crippen LogP contribution in [0, 0.1) is 6.92 Å². The summed E-state index contributed by atoms with van der Waals surface area (Å²) >= 11 is 12.5. The van der Waals surface area contributed by atoms with Crippen LogP contribution in [0.3, 0.4) is 0 Å². The van der Waals surface area contributed by atoms with Crippen molar-refractivity contribution < 1.29 is 18.0 Å². The van der Waals surface area contributed by atoms with Crippen molar-refractivity contribution in [1.29, 1.82) is 0 Å².